The first-order chi connectivity index (χ1) is 5.22. The molecule has 0 saturated carbocycles. The van der Waals surface area contributed by atoms with Crippen molar-refractivity contribution in [2.45, 2.75) is 19.9 Å². The van der Waals surface area contributed by atoms with Crippen molar-refractivity contribution in [3.8, 4) is 0 Å². The van der Waals surface area contributed by atoms with Crippen molar-refractivity contribution in [2.75, 3.05) is 0 Å². The van der Waals surface area contributed by atoms with Gasteiger partial charge in [0, 0.05) is 11.9 Å². The maximum absolute atomic E-state index is 10.6. The van der Waals surface area contributed by atoms with Crippen LogP contribution in [-0.4, -0.2) is 10.8 Å². The van der Waals surface area contributed by atoms with Crippen LogP contribution in [0.3, 0.4) is 0 Å². The third-order valence-corrected chi connectivity index (χ3v) is 2.11. The molecule has 0 radical (unpaired) electrons. The smallest absolute Gasteiger partial charge is 0.136 e. The molecular formula is C7H10N2OS. The Hall–Kier alpha value is -0.740. The van der Waals surface area contributed by atoms with Crippen LogP contribution >= 0.6 is 11.3 Å². The van der Waals surface area contributed by atoms with Crippen LogP contribution in [-0.2, 0) is 17.8 Å². The van der Waals surface area contributed by atoms with Gasteiger partial charge in [0.2, 0.25) is 0 Å². The van der Waals surface area contributed by atoms with E-state index < -0.39 is 0 Å². The lowest BCUT2D eigenvalue weighted by Gasteiger charge is -1.87. The third-order valence-electron chi connectivity index (χ3n) is 1.21. The summed E-state index contributed by atoms with van der Waals surface area (Å²) >= 11 is 1.49. The number of nitrogens with zero attached hydrogens (tertiary/aromatic N) is 1. The van der Waals surface area contributed by atoms with E-state index in [0.717, 1.165) is 10.7 Å². The van der Waals surface area contributed by atoms with Crippen LogP contribution in [0, 0.1) is 0 Å². The number of rotatable bonds is 3. The first kappa shape index (κ1) is 8.36. The molecule has 0 aliphatic carbocycles. The molecule has 60 valence electrons. The molecular weight excluding hydrogens is 160 g/mol. The van der Waals surface area contributed by atoms with Gasteiger partial charge >= 0.3 is 0 Å². The molecule has 3 nitrogen and oxygen atoms in total. The van der Waals surface area contributed by atoms with Gasteiger partial charge in [-0.1, -0.05) is 0 Å². The monoisotopic (exact) mass is 170 g/mol. The maximum atomic E-state index is 10.6. The Morgan fingerprint density at radius 2 is 2.55 bits per heavy atom. The normalized spacial score (nSPS) is 10.0. The van der Waals surface area contributed by atoms with Gasteiger partial charge in [-0.15, -0.1) is 11.3 Å². The van der Waals surface area contributed by atoms with Crippen LogP contribution in [0.1, 0.15) is 17.6 Å². The highest BCUT2D eigenvalue weighted by Crippen LogP contribution is 2.09. The Morgan fingerprint density at radius 1 is 1.82 bits per heavy atom. The molecule has 0 atom stereocenters. The van der Waals surface area contributed by atoms with E-state index in [9.17, 15) is 4.79 Å². The van der Waals surface area contributed by atoms with Crippen LogP contribution in [0.5, 0.6) is 0 Å². The molecule has 0 amide bonds. The van der Waals surface area contributed by atoms with Crippen LogP contribution in [0.25, 0.3) is 0 Å². The van der Waals surface area contributed by atoms with Gasteiger partial charge in [-0.05, 0) is 6.92 Å². The van der Waals surface area contributed by atoms with Gasteiger partial charge in [-0.3, -0.25) is 4.79 Å². The van der Waals surface area contributed by atoms with E-state index >= 15 is 0 Å². The number of Topliss-reactive ketones (excluding diaryl/α,β-unsaturated/α-hetero) is 1. The molecule has 0 spiro atoms. The zero-order valence-electron chi connectivity index (χ0n) is 6.33. The summed E-state index contributed by atoms with van der Waals surface area (Å²) in [7, 11) is 0. The summed E-state index contributed by atoms with van der Waals surface area (Å²) in [6, 6.07) is 0. The molecule has 1 aromatic rings. The molecule has 0 unspecified atom stereocenters. The SMILES string of the molecule is CC(=O)Cc1nc(CN)cs1. The summed E-state index contributed by atoms with van der Waals surface area (Å²) in [5.74, 6) is 0.142. The van der Waals surface area contributed by atoms with Crippen molar-refractivity contribution in [1.82, 2.24) is 4.98 Å². The molecule has 0 bridgehead atoms. The van der Waals surface area contributed by atoms with Gasteiger partial charge in [-0.2, -0.15) is 0 Å². The number of hydrogen-bond donors (Lipinski definition) is 1. The summed E-state index contributed by atoms with van der Waals surface area (Å²) in [6.07, 6.45) is 0.435. The Labute approximate surface area is 69.3 Å². The highest BCUT2D eigenvalue weighted by molar-refractivity contribution is 7.09. The first-order valence-electron chi connectivity index (χ1n) is 3.35. The summed E-state index contributed by atoms with van der Waals surface area (Å²) in [4.78, 5) is 14.8. The molecule has 1 rings (SSSR count). The van der Waals surface area contributed by atoms with Crippen LogP contribution in [0.4, 0.5) is 0 Å². The van der Waals surface area contributed by atoms with E-state index in [2.05, 4.69) is 4.98 Å². The molecule has 1 heterocycles. The number of aromatic nitrogens is 1. The molecule has 2 N–H and O–H groups in total. The van der Waals surface area contributed by atoms with Gasteiger partial charge in [-0.25, -0.2) is 4.98 Å². The minimum atomic E-state index is 0.142. The summed E-state index contributed by atoms with van der Waals surface area (Å²) in [5, 5.41) is 2.75. The number of nitrogens with two attached hydrogens (primary N) is 1. The fourth-order valence-corrected chi connectivity index (χ4v) is 1.61. The number of hydrogen-bond acceptors (Lipinski definition) is 4. The standard InChI is InChI=1S/C7H10N2OS/c1-5(10)2-7-9-6(3-8)4-11-7/h4H,2-3,8H2,1H3. The van der Waals surface area contributed by atoms with E-state index in [-0.39, 0.29) is 5.78 Å². The van der Waals surface area contributed by atoms with Crippen molar-refractivity contribution >= 4 is 17.1 Å². The number of thiazole rings is 1. The predicted octanol–water partition coefficient (Wildman–Crippen LogP) is 0.733. The molecule has 1 aromatic heterocycles. The Bertz CT molecular complexity index is 257. The molecule has 11 heavy (non-hydrogen) atoms. The van der Waals surface area contributed by atoms with Crippen molar-refractivity contribution in [3.05, 3.63) is 16.1 Å². The van der Waals surface area contributed by atoms with Crippen LogP contribution in [0.2, 0.25) is 0 Å². The Balaban J connectivity index is 2.65. The quantitative estimate of drug-likeness (QED) is 0.727. The number of carbonyl (C=O) groups excluding carboxylic acids is 1. The Kier molecular flexibility index (Phi) is 2.73. The fraction of sp³-hybridized carbons (Fsp3) is 0.429. The molecule has 4 heteroatoms. The fourth-order valence-electron chi connectivity index (χ4n) is 0.737. The first-order valence-corrected chi connectivity index (χ1v) is 4.23. The minimum absolute atomic E-state index is 0.142. The lowest BCUT2D eigenvalue weighted by Crippen LogP contribution is -1.99. The van der Waals surface area contributed by atoms with Gasteiger partial charge in [0.05, 0.1) is 12.1 Å². The molecule has 0 aromatic carbocycles. The molecule has 0 aliphatic rings. The second kappa shape index (κ2) is 3.59. The summed E-state index contributed by atoms with van der Waals surface area (Å²) < 4.78 is 0. The number of carbonyl (C=O) groups is 1. The van der Waals surface area contributed by atoms with E-state index in [1.165, 1.54) is 11.3 Å². The predicted molar refractivity (Wildman–Crippen MR) is 44.4 cm³/mol. The molecule has 0 saturated heterocycles. The lowest BCUT2D eigenvalue weighted by atomic mass is 10.3. The van der Waals surface area contributed by atoms with E-state index in [1.807, 2.05) is 5.38 Å². The number of ketones is 1. The van der Waals surface area contributed by atoms with Gasteiger partial charge in [0.15, 0.2) is 0 Å². The average Bonchev–Trinajstić information content (AvgIpc) is 2.34. The van der Waals surface area contributed by atoms with E-state index in [4.69, 9.17) is 5.73 Å². The largest absolute Gasteiger partial charge is 0.325 e. The van der Waals surface area contributed by atoms with Gasteiger partial charge in [0.1, 0.15) is 10.8 Å². The van der Waals surface area contributed by atoms with Gasteiger partial charge < -0.3 is 5.73 Å². The summed E-state index contributed by atoms with van der Waals surface area (Å²) in [6.45, 7) is 2.01. The molecule has 0 fully saturated rings. The minimum Gasteiger partial charge on any atom is -0.325 e. The van der Waals surface area contributed by atoms with E-state index in [0.29, 0.717) is 13.0 Å². The van der Waals surface area contributed by atoms with Crippen molar-refractivity contribution in [2.24, 2.45) is 5.73 Å². The zero-order valence-corrected chi connectivity index (χ0v) is 7.15. The van der Waals surface area contributed by atoms with Gasteiger partial charge in [0.25, 0.3) is 0 Å². The zero-order chi connectivity index (χ0) is 8.27. The highest BCUT2D eigenvalue weighted by Gasteiger charge is 2.02. The van der Waals surface area contributed by atoms with Crippen molar-refractivity contribution in [3.63, 3.8) is 0 Å². The van der Waals surface area contributed by atoms with Crippen molar-refractivity contribution < 1.29 is 4.79 Å². The maximum Gasteiger partial charge on any atom is 0.136 e. The van der Waals surface area contributed by atoms with Crippen LogP contribution < -0.4 is 5.73 Å². The second-order valence-corrected chi connectivity index (χ2v) is 3.26. The van der Waals surface area contributed by atoms with Crippen LogP contribution in [0.15, 0.2) is 5.38 Å². The highest BCUT2D eigenvalue weighted by atomic mass is 32.1. The topological polar surface area (TPSA) is 56.0 Å². The summed E-state index contributed by atoms with van der Waals surface area (Å²) in [5.41, 5.74) is 6.22. The van der Waals surface area contributed by atoms with E-state index in [1.54, 1.807) is 6.92 Å². The second-order valence-electron chi connectivity index (χ2n) is 2.32. The average molecular weight is 170 g/mol. The van der Waals surface area contributed by atoms with Crippen molar-refractivity contribution in [1.29, 1.82) is 0 Å². The third kappa shape index (κ3) is 2.40. The Morgan fingerprint density at radius 3 is 3.00 bits per heavy atom. The lowest BCUT2D eigenvalue weighted by molar-refractivity contribution is -0.116. The molecule has 0 aliphatic heterocycles.